The number of H-pyrrole nitrogens is 1. The van der Waals surface area contributed by atoms with E-state index >= 15 is 0 Å². The van der Waals surface area contributed by atoms with Gasteiger partial charge in [0.15, 0.2) is 0 Å². The molecule has 1 aromatic heterocycles. The Kier molecular flexibility index (Phi) is 3.06. The second-order valence-electron chi connectivity index (χ2n) is 5.45. The summed E-state index contributed by atoms with van der Waals surface area (Å²) in [6.45, 7) is 0. The monoisotopic (exact) mass is 287 g/mol. The Balaban J connectivity index is 1.79. The minimum Gasteiger partial charge on any atom is -0.361 e. The van der Waals surface area contributed by atoms with Crippen molar-refractivity contribution in [1.82, 2.24) is 4.98 Å². The Bertz CT molecular complexity index is 872. The van der Waals surface area contributed by atoms with Crippen molar-refractivity contribution in [3.8, 4) is 0 Å². The molecule has 4 N–H and O–H groups in total. The number of fused-ring (bicyclic) bond motifs is 3. The van der Waals surface area contributed by atoms with Gasteiger partial charge in [-0.05, 0) is 18.2 Å². The van der Waals surface area contributed by atoms with Gasteiger partial charge in [0.25, 0.3) is 0 Å². The zero-order valence-corrected chi connectivity index (χ0v) is 12.1. The zero-order valence-electron chi connectivity index (χ0n) is 12.1. The second-order valence-corrected chi connectivity index (χ2v) is 5.45. The van der Waals surface area contributed by atoms with Crippen LogP contribution < -0.4 is 11.1 Å². The standard InChI is InChI=1S/C19H17N3/c20-17-11-10-15-14-8-4-5-9-18(14)22-19(15)16(17)12-21-13-6-2-1-3-7-13/h1-12,17,21-22H,20H2/b16-12+. The first kappa shape index (κ1) is 12.9. The molecule has 0 bridgehead atoms. The van der Waals surface area contributed by atoms with Crippen molar-refractivity contribution in [3.05, 3.63) is 78.1 Å². The molecule has 1 aliphatic rings. The van der Waals surface area contributed by atoms with E-state index in [2.05, 4.69) is 34.6 Å². The maximum atomic E-state index is 6.26. The highest BCUT2D eigenvalue weighted by Crippen LogP contribution is 2.33. The molecule has 0 spiro atoms. The number of nitrogens with two attached hydrogens (primary N) is 1. The molecular weight excluding hydrogens is 270 g/mol. The zero-order chi connectivity index (χ0) is 14.9. The molecule has 0 amide bonds. The third-order valence-corrected chi connectivity index (χ3v) is 4.03. The van der Waals surface area contributed by atoms with E-state index in [-0.39, 0.29) is 6.04 Å². The van der Waals surface area contributed by atoms with Crippen LogP contribution in [0.4, 0.5) is 5.69 Å². The molecule has 2 aromatic carbocycles. The highest BCUT2D eigenvalue weighted by Gasteiger charge is 2.20. The van der Waals surface area contributed by atoms with Crippen molar-refractivity contribution in [2.24, 2.45) is 5.73 Å². The molecule has 0 radical (unpaired) electrons. The SMILES string of the molecule is NC1C=Cc2c([nH]c3ccccc23)/C1=C/Nc1ccccc1. The number of aromatic amines is 1. The first-order valence-electron chi connectivity index (χ1n) is 7.39. The van der Waals surface area contributed by atoms with Gasteiger partial charge in [0, 0.05) is 33.9 Å². The Morgan fingerprint density at radius 3 is 2.64 bits per heavy atom. The first-order chi connectivity index (χ1) is 10.8. The molecule has 22 heavy (non-hydrogen) atoms. The predicted molar refractivity (Wildman–Crippen MR) is 93.3 cm³/mol. The summed E-state index contributed by atoms with van der Waals surface area (Å²) in [5, 5.41) is 4.56. The van der Waals surface area contributed by atoms with Crippen molar-refractivity contribution >= 4 is 28.2 Å². The molecule has 4 rings (SSSR count). The Labute approximate surface area is 129 Å². The van der Waals surface area contributed by atoms with E-state index in [1.54, 1.807) is 0 Å². The molecule has 3 heteroatoms. The van der Waals surface area contributed by atoms with Gasteiger partial charge in [0.1, 0.15) is 0 Å². The summed E-state index contributed by atoms with van der Waals surface area (Å²) in [5.41, 5.74) is 11.8. The van der Waals surface area contributed by atoms with Gasteiger partial charge in [-0.1, -0.05) is 48.6 Å². The molecule has 0 saturated heterocycles. The summed E-state index contributed by atoms with van der Waals surface area (Å²) < 4.78 is 0. The van der Waals surface area contributed by atoms with Crippen LogP contribution in [-0.2, 0) is 0 Å². The lowest BCUT2D eigenvalue weighted by Gasteiger charge is -2.17. The quantitative estimate of drug-likeness (QED) is 0.668. The number of aromatic nitrogens is 1. The van der Waals surface area contributed by atoms with Gasteiger partial charge in [-0.15, -0.1) is 0 Å². The lowest BCUT2D eigenvalue weighted by molar-refractivity contribution is 1.03. The smallest absolute Gasteiger partial charge is 0.0531 e. The molecule has 3 nitrogen and oxygen atoms in total. The van der Waals surface area contributed by atoms with Crippen LogP contribution in [0.2, 0.25) is 0 Å². The van der Waals surface area contributed by atoms with E-state index < -0.39 is 0 Å². The summed E-state index contributed by atoms with van der Waals surface area (Å²) in [5.74, 6) is 0. The minimum atomic E-state index is -0.114. The van der Waals surface area contributed by atoms with Gasteiger partial charge < -0.3 is 16.0 Å². The lowest BCUT2D eigenvalue weighted by atomic mass is 9.94. The van der Waals surface area contributed by atoms with Crippen molar-refractivity contribution in [3.63, 3.8) is 0 Å². The topological polar surface area (TPSA) is 53.8 Å². The molecular formula is C19H17N3. The summed E-state index contributed by atoms with van der Waals surface area (Å²) in [4.78, 5) is 3.49. The number of rotatable bonds is 2. The first-order valence-corrected chi connectivity index (χ1v) is 7.39. The molecule has 1 heterocycles. The van der Waals surface area contributed by atoms with Crippen LogP contribution >= 0.6 is 0 Å². The van der Waals surface area contributed by atoms with E-state index in [1.807, 2.05) is 48.7 Å². The van der Waals surface area contributed by atoms with E-state index in [0.717, 1.165) is 22.5 Å². The van der Waals surface area contributed by atoms with Crippen molar-refractivity contribution in [2.75, 3.05) is 5.32 Å². The fourth-order valence-corrected chi connectivity index (χ4v) is 2.90. The highest BCUT2D eigenvalue weighted by atomic mass is 14.9. The van der Waals surface area contributed by atoms with Crippen LogP contribution in [0.25, 0.3) is 22.6 Å². The van der Waals surface area contributed by atoms with Crippen LogP contribution in [0.5, 0.6) is 0 Å². The largest absolute Gasteiger partial charge is 0.361 e. The third-order valence-electron chi connectivity index (χ3n) is 4.03. The Morgan fingerprint density at radius 2 is 1.77 bits per heavy atom. The molecule has 3 aromatic rings. The summed E-state index contributed by atoms with van der Waals surface area (Å²) in [7, 11) is 0. The molecule has 1 atom stereocenters. The molecule has 0 fully saturated rings. The molecule has 0 aliphatic heterocycles. The maximum absolute atomic E-state index is 6.26. The number of para-hydroxylation sites is 2. The van der Waals surface area contributed by atoms with Gasteiger partial charge in [0.05, 0.1) is 11.7 Å². The minimum absolute atomic E-state index is 0.114. The molecule has 1 unspecified atom stereocenters. The summed E-state index contributed by atoms with van der Waals surface area (Å²) in [6, 6.07) is 18.3. The van der Waals surface area contributed by atoms with E-state index in [1.165, 1.54) is 10.9 Å². The normalized spacial score (nSPS) is 18.6. The average Bonchev–Trinajstić information content (AvgIpc) is 2.93. The van der Waals surface area contributed by atoms with Crippen LogP contribution in [0, 0.1) is 0 Å². The van der Waals surface area contributed by atoms with E-state index in [9.17, 15) is 0 Å². The fourth-order valence-electron chi connectivity index (χ4n) is 2.90. The maximum Gasteiger partial charge on any atom is 0.0531 e. The molecule has 1 aliphatic carbocycles. The fraction of sp³-hybridized carbons (Fsp3) is 0.0526. The predicted octanol–water partition coefficient (Wildman–Crippen LogP) is 3.98. The summed E-state index contributed by atoms with van der Waals surface area (Å²) in [6.07, 6.45) is 6.15. The van der Waals surface area contributed by atoms with Gasteiger partial charge in [-0.25, -0.2) is 0 Å². The van der Waals surface area contributed by atoms with Gasteiger partial charge in [-0.2, -0.15) is 0 Å². The Morgan fingerprint density at radius 1 is 1.00 bits per heavy atom. The lowest BCUT2D eigenvalue weighted by Crippen LogP contribution is -2.22. The Hall–Kier alpha value is -2.78. The number of hydrogen-bond acceptors (Lipinski definition) is 2. The van der Waals surface area contributed by atoms with E-state index in [4.69, 9.17) is 5.73 Å². The highest BCUT2D eigenvalue weighted by molar-refractivity contribution is 5.98. The number of benzene rings is 2. The number of anilines is 1. The van der Waals surface area contributed by atoms with Crippen LogP contribution in [0.1, 0.15) is 11.3 Å². The van der Waals surface area contributed by atoms with Crippen molar-refractivity contribution < 1.29 is 0 Å². The number of hydrogen-bond donors (Lipinski definition) is 3. The van der Waals surface area contributed by atoms with E-state index in [0.29, 0.717) is 0 Å². The van der Waals surface area contributed by atoms with Crippen molar-refractivity contribution in [2.45, 2.75) is 6.04 Å². The summed E-state index contributed by atoms with van der Waals surface area (Å²) >= 11 is 0. The molecule has 108 valence electrons. The van der Waals surface area contributed by atoms with Crippen LogP contribution in [0.3, 0.4) is 0 Å². The number of nitrogens with one attached hydrogen (secondary N) is 2. The van der Waals surface area contributed by atoms with Crippen LogP contribution in [0.15, 0.2) is 66.9 Å². The van der Waals surface area contributed by atoms with Gasteiger partial charge in [0.2, 0.25) is 0 Å². The molecule has 0 saturated carbocycles. The second kappa shape index (κ2) is 5.20. The van der Waals surface area contributed by atoms with Crippen LogP contribution in [-0.4, -0.2) is 11.0 Å². The third kappa shape index (κ3) is 2.12. The van der Waals surface area contributed by atoms with Gasteiger partial charge in [-0.3, -0.25) is 0 Å². The average molecular weight is 287 g/mol. The van der Waals surface area contributed by atoms with Crippen molar-refractivity contribution in [1.29, 1.82) is 0 Å². The van der Waals surface area contributed by atoms with Gasteiger partial charge >= 0.3 is 0 Å².